The Bertz CT molecular complexity index is 226. The van der Waals surface area contributed by atoms with Gasteiger partial charge in [-0.15, -0.1) is 0 Å². The fourth-order valence-electron chi connectivity index (χ4n) is 1.42. The first-order valence-electron chi connectivity index (χ1n) is 5.19. The van der Waals surface area contributed by atoms with Crippen LogP contribution in [0.3, 0.4) is 0 Å². The number of aliphatic carboxylic acids is 1. The standard InChI is InChI=1S/C11H22O5/c1-10(2,15-5)8-11(3,9(12)13)16-7-6-14-4/h6-8H2,1-5H3,(H,12,13). The maximum absolute atomic E-state index is 11.2. The molecular formula is C11H22O5. The number of carboxylic acid groups (broad SMARTS) is 1. The summed E-state index contributed by atoms with van der Waals surface area (Å²) in [6, 6.07) is 0. The second-order valence-electron chi connectivity index (χ2n) is 4.52. The van der Waals surface area contributed by atoms with E-state index in [1.807, 2.05) is 13.8 Å². The van der Waals surface area contributed by atoms with Crippen molar-refractivity contribution in [2.45, 2.75) is 38.4 Å². The Hall–Kier alpha value is -0.650. The SMILES string of the molecule is COCCOC(C)(CC(C)(C)OC)C(=O)O. The normalized spacial score (nSPS) is 15.8. The summed E-state index contributed by atoms with van der Waals surface area (Å²) < 4.78 is 15.4. The molecule has 0 aromatic heterocycles. The molecule has 1 unspecified atom stereocenters. The molecule has 0 aliphatic heterocycles. The Morgan fingerprint density at radius 2 is 1.75 bits per heavy atom. The molecule has 0 aromatic carbocycles. The first-order chi connectivity index (χ1) is 7.27. The zero-order chi connectivity index (χ0) is 12.8. The third kappa shape index (κ3) is 4.92. The van der Waals surface area contributed by atoms with Gasteiger partial charge in [-0.25, -0.2) is 4.79 Å². The summed E-state index contributed by atoms with van der Waals surface area (Å²) in [6.07, 6.45) is 0.273. The van der Waals surface area contributed by atoms with E-state index in [0.717, 1.165) is 0 Å². The smallest absolute Gasteiger partial charge is 0.335 e. The molecule has 0 aromatic rings. The van der Waals surface area contributed by atoms with Gasteiger partial charge >= 0.3 is 5.97 Å². The fourth-order valence-corrected chi connectivity index (χ4v) is 1.42. The van der Waals surface area contributed by atoms with Crippen LogP contribution in [0.1, 0.15) is 27.2 Å². The van der Waals surface area contributed by atoms with E-state index in [2.05, 4.69) is 0 Å². The van der Waals surface area contributed by atoms with Gasteiger partial charge in [-0.05, 0) is 20.8 Å². The zero-order valence-corrected chi connectivity index (χ0v) is 10.7. The maximum atomic E-state index is 11.2. The predicted octanol–water partition coefficient (Wildman–Crippen LogP) is 1.31. The predicted molar refractivity (Wildman–Crippen MR) is 59.6 cm³/mol. The van der Waals surface area contributed by atoms with Crippen LogP contribution < -0.4 is 0 Å². The summed E-state index contributed by atoms with van der Waals surface area (Å²) in [5, 5.41) is 9.17. The summed E-state index contributed by atoms with van der Waals surface area (Å²) in [5.41, 5.74) is -1.79. The topological polar surface area (TPSA) is 65.0 Å². The Labute approximate surface area is 96.7 Å². The van der Waals surface area contributed by atoms with Crippen molar-refractivity contribution in [1.29, 1.82) is 0 Å². The first-order valence-corrected chi connectivity index (χ1v) is 5.19. The Morgan fingerprint density at radius 1 is 1.19 bits per heavy atom. The van der Waals surface area contributed by atoms with Gasteiger partial charge in [0.05, 0.1) is 18.8 Å². The van der Waals surface area contributed by atoms with Crippen molar-refractivity contribution in [2.75, 3.05) is 27.4 Å². The summed E-state index contributed by atoms with van der Waals surface area (Å²) in [7, 11) is 3.10. The molecule has 0 heterocycles. The highest BCUT2D eigenvalue weighted by atomic mass is 16.6. The third-order valence-corrected chi connectivity index (χ3v) is 2.48. The molecule has 0 aliphatic carbocycles. The molecule has 0 rings (SSSR count). The zero-order valence-electron chi connectivity index (χ0n) is 10.7. The van der Waals surface area contributed by atoms with Crippen molar-refractivity contribution < 1.29 is 24.1 Å². The monoisotopic (exact) mass is 234 g/mol. The summed E-state index contributed by atoms with van der Waals surface area (Å²) in [6.45, 7) is 5.82. The molecule has 0 aliphatic rings. The number of hydrogen-bond acceptors (Lipinski definition) is 4. The maximum Gasteiger partial charge on any atom is 0.335 e. The number of carboxylic acids is 1. The second kappa shape index (κ2) is 6.18. The Morgan fingerprint density at radius 3 is 2.12 bits per heavy atom. The van der Waals surface area contributed by atoms with Gasteiger partial charge in [-0.1, -0.05) is 0 Å². The molecule has 5 nitrogen and oxygen atoms in total. The van der Waals surface area contributed by atoms with Crippen LogP contribution >= 0.6 is 0 Å². The molecule has 0 saturated heterocycles. The van der Waals surface area contributed by atoms with Crippen molar-refractivity contribution >= 4 is 5.97 Å². The van der Waals surface area contributed by atoms with Gasteiger partial charge in [0.25, 0.3) is 0 Å². The van der Waals surface area contributed by atoms with E-state index in [-0.39, 0.29) is 13.0 Å². The van der Waals surface area contributed by atoms with Gasteiger partial charge in [-0.3, -0.25) is 0 Å². The molecule has 16 heavy (non-hydrogen) atoms. The number of carbonyl (C=O) groups is 1. The van der Waals surface area contributed by atoms with E-state index < -0.39 is 17.2 Å². The number of rotatable bonds is 8. The van der Waals surface area contributed by atoms with Crippen LogP contribution in [0, 0.1) is 0 Å². The van der Waals surface area contributed by atoms with Gasteiger partial charge in [0, 0.05) is 20.6 Å². The molecule has 1 N–H and O–H groups in total. The molecule has 0 radical (unpaired) electrons. The van der Waals surface area contributed by atoms with Gasteiger partial charge < -0.3 is 19.3 Å². The Balaban J connectivity index is 4.51. The van der Waals surface area contributed by atoms with E-state index in [1.54, 1.807) is 21.1 Å². The van der Waals surface area contributed by atoms with Crippen molar-refractivity contribution in [3.05, 3.63) is 0 Å². The third-order valence-electron chi connectivity index (χ3n) is 2.48. The van der Waals surface area contributed by atoms with Gasteiger partial charge in [0.2, 0.25) is 0 Å². The highest BCUT2D eigenvalue weighted by molar-refractivity contribution is 5.77. The van der Waals surface area contributed by atoms with Crippen molar-refractivity contribution in [3.63, 3.8) is 0 Å². The number of hydrogen-bond donors (Lipinski definition) is 1. The van der Waals surface area contributed by atoms with Crippen molar-refractivity contribution in [2.24, 2.45) is 0 Å². The lowest BCUT2D eigenvalue weighted by atomic mass is 9.90. The largest absolute Gasteiger partial charge is 0.479 e. The van der Waals surface area contributed by atoms with Crippen LogP contribution in [0.5, 0.6) is 0 Å². The lowest BCUT2D eigenvalue weighted by molar-refractivity contribution is -0.174. The number of ether oxygens (including phenoxy) is 3. The van der Waals surface area contributed by atoms with Gasteiger partial charge in [0.1, 0.15) is 0 Å². The van der Waals surface area contributed by atoms with E-state index in [0.29, 0.717) is 6.61 Å². The highest BCUT2D eigenvalue weighted by Crippen LogP contribution is 2.26. The minimum atomic E-state index is -1.25. The number of methoxy groups -OCH3 is 2. The Kier molecular flexibility index (Phi) is 5.92. The van der Waals surface area contributed by atoms with Crippen LogP contribution in [-0.4, -0.2) is 49.7 Å². The molecule has 5 heteroatoms. The average Bonchev–Trinajstić information content (AvgIpc) is 2.17. The van der Waals surface area contributed by atoms with Crippen molar-refractivity contribution in [3.8, 4) is 0 Å². The minimum absolute atomic E-state index is 0.249. The quantitative estimate of drug-likeness (QED) is 0.641. The first kappa shape index (κ1) is 15.3. The second-order valence-corrected chi connectivity index (χ2v) is 4.52. The fraction of sp³-hybridized carbons (Fsp3) is 0.909. The van der Waals surface area contributed by atoms with Crippen LogP contribution in [0.15, 0.2) is 0 Å². The van der Waals surface area contributed by atoms with Gasteiger partial charge in [0.15, 0.2) is 5.60 Å². The molecule has 0 amide bonds. The van der Waals surface area contributed by atoms with E-state index >= 15 is 0 Å². The van der Waals surface area contributed by atoms with Crippen LogP contribution in [-0.2, 0) is 19.0 Å². The highest BCUT2D eigenvalue weighted by Gasteiger charge is 2.40. The molecule has 0 bridgehead atoms. The van der Waals surface area contributed by atoms with E-state index in [4.69, 9.17) is 19.3 Å². The lowest BCUT2D eigenvalue weighted by Gasteiger charge is -2.33. The lowest BCUT2D eigenvalue weighted by Crippen LogP contribution is -2.45. The molecule has 0 spiro atoms. The minimum Gasteiger partial charge on any atom is -0.479 e. The molecular weight excluding hydrogens is 212 g/mol. The molecule has 96 valence electrons. The van der Waals surface area contributed by atoms with Gasteiger partial charge in [-0.2, -0.15) is 0 Å². The van der Waals surface area contributed by atoms with Crippen LogP contribution in [0.4, 0.5) is 0 Å². The summed E-state index contributed by atoms with van der Waals surface area (Å²) >= 11 is 0. The van der Waals surface area contributed by atoms with Crippen molar-refractivity contribution in [1.82, 2.24) is 0 Å². The molecule has 0 fully saturated rings. The van der Waals surface area contributed by atoms with E-state index in [9.17, 15) is 4.79 Å². The van der Waals surface area contributed by atoms with Crippen LogP contribution in [0.2, 0.25) is 0 Å². The average molecular weight is 234 g/mol. The summed E-state index contributed by atoms with van der Waals surface area (Å²) in [5.74, 6) is -0.992. The molecule has 1 atom stereocenters. The molecule has 0 saturated carbocycles. The van der Waals surface area contributed by atoms with Crippen LogP contribution in [0.25, 0.3) is 0 Å². The summed E-state index contributed by atoms with van der Waals surface area (Å²) in [4.78, 5) is 11.2. The van der Waals surface area contributed by atoms with E-state index in [1.165, 1.54) is 0 Å².